The molecule has 0 radical (unpaired) electrons. The second-order valence-corrected chi connectivity index (χ2v) is 14.1. The van der Waals surface area contributed by atoms with Crippen LogP contribution in [0.2, 0.25) is 0 Å². The molecule has 0 N–H and O–H groups in total. The van der Waals surface area contributed by atoms with E-state index >= 15 is 0 Å². The van der Waals surface area contributed by atoms with Gasteiger partial charge in [0.25, 0.3) is 0 Å². The van der Waals surface area contributed by atoms with Crippen LogP contribution in [0, 0.1) is 0 Å². The topological polar surface area (TPSA) is 114 Å². The van der Waals surface area contributed by atoms with Crippen molar-refractivity contribution in [1.82, 2.24) is 0 Å². The van der Waals surface area contributed by atoms with E-state index in [0.29, 0.717) is 0 Å². The number of hydrogen-bond donors (Lipinski definition) is 0. The van der Waals surface area contributed by atoms with E-state index in [1.807, 2.05) is 12.1 Å². The molecule has 0 unspecified atom stereocenters. The zero-order valence-electron chi connectivity index (χ0n) is 26.7. The third kappa shape index (κ3) is 22.6. The van der Waals surface area contributed by atoms with E-state index in [0.717, 1.165) is 36.8 Å². The fourth-order valence-electron chi connectivity index (χ4n) is 4.99. The van der Waals surface area contributed by atoms with Crippen molar-refractivity contribution >= 4 is 58.0 Å². The van der Waals surface area contributed by atoms with Gasteiger partial charge in [-0.1, -0.05) is 141 Å². The van der Waals surface area contributed by atoms with Gasteiger partial charge in [-0.25, -0.2) is 16.8 Å². The van der Waals surface area contributed by atoms with Crippen LogP contribution in [0.1, 0.15) is 141 Å². The minimum Gasteiger partial charge on any atom is -0.744 e. The van der Waals surface area contributed by atoms with Gasteiger partial charge in [0.05, 0.1) is 9.79 Å². The monoisotopic (exact) mass is 662 g/mol. The maximum absolute atomic E-state index is 11.0. The predicted octanol–water partition coefficient (Wildman–Crippen LogP) is 8.95. The van der Waals surface area contributed by atoms with Crippen molar-refractivity contribution in [2.45, 2.75) is 152 Å². The number of aryl methyl sites for hydroxylation is 2. The molecule has 0 saturated heterocycles. The quantitative estimate of drug-likeness (QED) is 0.0706. The second-order valence-electron chi connectivity index (χ2n) is 11.4. The Morgan fingerprint density at radius 3 is 1.02 bits per heavy atom. The zero-order chi connectivity index (χ0) is 31.1. The van der Waals surface area contributed by atoms with E-state index in [9.17, 15) is 25.9 Å². The first-order valence-corrected chi connectivity index (χ1v) is 19.0. The predicted molar refractivity (Wildman–Crippen MR) is 176 cm³/mol. The summed E-state index contributed by atoms with van der Waals surface area (Å²) in [7, 11) is -8.65. The summed E-state index contributed by atoms with van der Waals surface area (Å²) < 4.78 is 65.7. The van der Waals surface area contributed by atoms with Crippen molar-refractivity contribution in [1.29, 1.82) is 0 Å². The second kappa shape index (κ2) is 25.7. The van der Waals surface area contributed by atoms with Crippen LogP contribution >= 0.6 is 0 Å². The molecule has 0 aliphatic rings. The average molecular weight is 663 g/mol. The molecule has 0 spiro atoms. The molecule has 0 amide bonds. The first-order chi connectivity index (χ1) is 20.1. The van der Waals surface area contributed by atoms with Gasteiger partial charge in [0.1, 0.15) is 20.2 Å². The van der Waals surface area contributed by atoms with Gasteiger partial charge in [-0.05, 0) is 61.1 Å². The Balaban J connectivity index is 0.000000802. The molecule has 0 saturated carbocycles. The van der Waals surface area contributed by atoms with Crippen LogP contribution < -0.4 is 0 Å². The maximum atomic E-state index is 11.0. The number of benzene rings is 2. The van der Waals surface area contributed by atoms with E-state index in [4.69, 9.17) is 0 Å². The maximum Gasteiger partial charge on any atom is 2.00 e. The van der Waals surface area contributed by atoms with Gasteiger partial charge in [0.15, 0.2) is 0 Å². The SMILES string of the molecule is CCCCCCCCCCCc1cccc(S(=O)(=O)[O-])c1.CCCCCCCCCCCc1cccc(S(=O)(=O)[O-])c1.[Ca+2]. The van der Waals surface area contributed by atoms with Crippen molar-refractivity contribution < 1.29 is 25.9 Å². The van der Waals surface area contributed by atoms with Crippen molar-refractivity contribution in [3.63, 3.8) is 0 Å². The Bertz CT molecular complexity index is 1090. The van der Waals surface area contributed by atoms with E-state index in [2.05, 4.69) is 13.8 Å². The molecular weight excluding hydrogens is 609 g/mol. The summed E-state index contributed by atoms with van der Waals surface area (Å²) in [6, 6.07) is 12.8. The van der Waals surface area contributed by atoms with Gasteiger partial charge in [-0.2, -0.15) is 0 Å². The summed E-state index contributed by atoms with van der Waals surface area (Å²) in [4.78, 5) is -0.230. The van der Waals surface area contributed by atoms with Crippen LogP contribution in [-0.4, -0.2) is 63.7 Å². The van der Waals surface area contributed by atoms with Crippen LogP contribution in [-0.2, 0) is 33.1 Å². The molecule has 43 heavy (non-hydrogen) atoms. The molecular formula is C34H54CaO6S2. The molecule has 6 nitrogen and oxygen atoms in total. The molecule has 0 aromatic heterocycles. The summed E-state index contributed by atoms with van der Waals surface area (Å²) in [5.74, 6) is 0. The molecule has 9 heteroatoms. The normalized spacial score (nSPS) is 11.4. The fraction of sp³-hybridized carbons (Fsp3) is 0.647. The molecule has 0 atom stereocenters. The largest absolute Gasteiger partial charge is 2.00 e. The van der Waals surface area contributed by atoms with Gasteiger partial charge >= 0.3 is 37.7 Å². The Morgan fingerprint density at radius 1 is 0.465 bits per heavy atom. The average Bonchev–Trinajstić information content (AvgIpc) is 2.95. The van der Waals surface area contributed by atoms with E-state index < -0.39 is 20.2 Å². The molecule has 0 aliphatic carbocycles. The summed E-state index contributed by atoms with van der Waals surface area (Å²) in [6.45, 7) is 4.46. The molecule has 2 aromatic carbocycles. The Hall–Kier alpha value is -0.480. The Labute approximate surface area is 293 Å². The molecule has 0 heterocycles. The van der Waals surface area contributed by atoms with Crippen molar-refractivity contribution in [3.8, 4) is 0 Å². The summed E-state index contributed by atoms with van der Waals surface area (Å²) >= 11 is 0. The minimum atomic E-state index is -4.33. The fourth-order valence-corrected chi connectivity index (χ4v) is 6.07. The van der Waals surface area contributed by atoms with E-state index in [-0.39, 0.29) is 47.5 Å². The van der Waals surface area contributed by atoms with Crippen LogP contribution in [0.5, 0.6) is 0 Å². The third-order valence-electron chi connectivity index (χ3n) is 7.51. The standard InChI is InChI=1S/2C17H28O3S.Ca/c2*1-2-3-4-5-6-7-8-9-10-12-16-13-11-14-17(15-16)21(18,19)20;/h2*11,13-15H,2-10,12H2,1H3,(H,18,19,20);/q;;+2/p-2. The van der Waals surface area contributed by atoms with Crippen LogP contribution in [0.15, 0.2) is 58.3 Å². The van der Waals surface area contributed by atoms with Crippen molar-refractivity contribution in [3.05, 3.63) is 59.7 Å². The third-order valence-corrected chi connectivity index (χ3v) is 9.17. The van der Waals surface area contributed by atoms with Gasteiger partial charge < -0.3 is 9.11 Å². The van der Waals surface area contributed by atoms with Crippen LogP contribution in [0.3, 0.4) is 0 Å². The first-order valence-electron chi connectivity index (χ1n) is 16.2. The van der Waals surface area contributed by atoms with Gasteiger partial charge in [-0.3, -0.25) is 0 Å². The summed E-state index contributed by atoms with van der Waals surface area (Å²) in [5.41, 5.74) is 1.88. The Kier molecular flexibility index (Phi) is 25.4. The van der Waals surface area contributed by atoms with Crippen molar-refractivity contribution in [2.24, 2.45) is 0 Å². The summed E-state index contributed by atoms with van der Waals surface area (Å²) in [5, 5.41) is 0. The number of unbranched alkanes of at least 4 members (excludes halogenated alkanes) is 16. The van der Waals surface area contributed by atoms with Crippen molar-refractivity contribution in [2.75, 3.05) is 0 Å². The van der Waals surface area contributed by atoms with Gasteiger partial charge in [0.2, 0.25) is 0 Å². The van der Waals surface area contributed by atoms with Gasteiger partial charge in [0, 0.05) is 0 Å². The number of hydrogen-bond acceptors (Lipinski definition) is 6. The minimum absolute atomic E-state index is 0. The molecule has 0 bridgehead atoms. The number of rotatable bonds is 22. The molecule has 240 valence electrons. The molecule has 0 aliphatic heterocycles. The van der Waals surface area contributed by atoms with Crippen LogP contribution in [0.4, 0.5) is 0 Å². The van der Waals surface area contributed by atoms with Gasteiger partial charge in [-0.15, -0.1) is 0 Å². The molecule has 2 aromatic rings. The first kappa shape index (κ1) is 42.5. The summed E-state index contributed by atoms with van der Waals surface area (Å²) in [6.07, 6.45) is 24.5. The zero-order valence-corrected chi connectivity index (χ0v) is 30.6. The van der Waals surface area contributed by atoms with E-state index in [1.54, 1.807) is 12.1 Å². The molecule has 2 rings (SSSR count). The smallest absolute Gasteiger partial charge is 0.744 e. The van der Waals surface area contributed by atoms with Crippen LogP contribution in [0.25, 0.3) is 0 Å². The Morgan fingerprint density at radius 2 is 0.744 bits per heavy atom. The van der Waals surface area contributed by atoms with E-state index in [1.165, 1.54) is 127 Å². The molecule has 0 fully saturated rings.